The molecule has 0 spiro atoms. The van der Waals surface area contributed by atoms with Crippen LogP contribution in [0, 0.1) is 6.92 Å². The molecule has 2 aromatic rings. The predicted molar refractivity (Wildman–Crippen MR) is 87.8 cm³/mol. The van der Waals surface area contributed by atoms with Crippen molar-refractivity contribution in [1.82, 2.24) is 4.90 Å². The summed E-state index contributed by atoms with van der Waals surface area (Å²) in [5.41, 5.74) is 2.61. The number of ether oxygens (including phenoxy) is 1. The molecule has 1 N–H and O–H groups in total. The number of hydrogen-bond acceptors (Lipinski definition) is 3. The lowest BCUT2D eigenvalue weighted by molar-refractivity contribution is 0.0775. The third kappa shape index (κ3) is 2.77. The molecule has 4 nitrogen and oxygen atoms in total. The van der Waals surface area contributed by atoms with Gasteiger partial charge >= 0.3 is 0 Å². The van der Waals surface area contributed by atoms with E-state index in [4.69, 9.17) is 4.74 Å². The van der Waals surface area contributed by atoms with E-state index in [9.17, 15) is 4.79 Å². The highest BCUT2D eigenvalue weighted by atomic mass is 16.5. The Morgan fingerprint density at radius 1 is 1.23 bits per heavy atom. The molecule has 1 aliphatic rings. The lowest BCUT2D eigenvalue weighted by atomic mass is 10.1. The minimum Gasteiger partial charge on any atom is -0.457 e. The largest absolute Gasteiger partial charge is 0.457 e. The molecule has 4 heteroatoms. The van der Waals surface area contributed by atoms with Crippen LogP contribution in [0.15, 0.2) is 42.5 Å². The first kappa shape index (κ1) is 14.4. The third-order valence-corrected chi connectivity index (χ3v) is 3.91. The van der Waals surface area contributed by atoms with Gasteiger partial charge in [0, 0.05) is 25.3 Å². The van der Waals surface area contributed by atoms with Crippen LogP contribution in [0.2, 0.25) is 0 Å². The molecule has 0 saturated carbocycles. The van der Waals surface area contributed by atoms with Crippen molar-refractivity contribution in [2.75, 3.05) is 25.0 Å². The van der Waals surface area contributed by atoms with E-state index in [1.165, 1.54) is 0 Å². The summed E-state index contributed by atoms with van der Waals surface area (Å²) in [6.45, 7) is 6.20. The van der Waals surface area contributed by atoms with Crippen molar-refractivity contribution < 1.29 is 9.53 Å². The number of benzene rings is 2. The zero-order valence-electron chi connectivity index (χ0n) is 12.9. The number of carbonyl (C=O) groups is 1. The van der Waals surface area contributed by atoms with E-state index in [1.54, 1.807) is 0 Å². The van der Waals surface area contributed by atoms with Gasteiger partial charge in [-0.05, 0) is 43.7 Å². The van der Waals surface area contributed by atoms with Crippen LogP contribution in [-0.2, 0) is 0 Å². The average Bonchev–Trinajstić information content (AvgIpc) is 2.69. The highest BCUT2D eigenvalue weighted by molar-refractivity contribution is 6.00. The second-order valence-electron chi connectivity index (χ2n) is 5.39. The molecule has 2 aromatic carbocycles. The molecule has 0 radical (unpaired) electrons. The molecule has 1 amide bonds. The molecule has 0 unspecified atom stereocenters. The number of likely N-dealkylation sites (N-methyl/N-ethyl adjacent to an activating group) is 1. The molecule has 3 rings (SSSR count). The summed E-state index contributed by atoms with van der Waals surface area (Å²) in [6.07, 6.45) is 0. The van der Waals surface area contributed by atoms with Crippen LogP contribution in [-0.4, -0.2) is 30.4 Å². The lowest BCUT2D eigenvalue weighted by Gasteiger charge is -2.18. The summed E-state index contributed by atoms with van der Waals surface area (Å²) in [6, 6.07) is 13.5. The van der Waals surface area contributed by atoms with Crippen LogP contribution in [0.1, 0.15) is 22.8 Å². The SMILES string of the molecule is CCN1CCNc2ccc(Oc3ccccc3C)cc2C1=O. The number of nitrogens with zero attached hydrogens (tertiary/aromatic N) is 1. The second kappa shape index (κ2) is 6.10. The molecule has 114 valence electrons. The molecular formula is C18H20N2O2. The minimum absolute atomic E-state index is 0.0535. The molecule has 0 aromatic heterocycles. The molecule has 0 saturated heterocycles. The maximum atomic E-state index is 12.6. The summed E-state index contributed by atoms with van der Waals surface area (Å²) >= 11 is 0. The van der Waals surface area contributed by atoms with Crippen LogP contribution in [0.5, 0.6) is 11.5 Å². The Morgan fingerprint density at radius 3 is 2.82 bits per heavy atom. The molecular weight excluding hydrogens is 276 g/mol. The van der Waals surface area contributed by atoms with Gasteiger partial charge in [-0.1, -0.05) is 18.2 Å². The van der Waals surface area contributed by atoms with E-state index in [0.717, 1.165) is 30.1 Å². The number of carbonyl (C=O) groups excluding carboxylic acids is 1. The number of amides is 1. The molecule has 22 heavy (non-hydrogen) atoms. The van der Waals surface area contributed by atoms with Crippen LogP contribution in [0.25, 0.3) is 0 Å². The van der Waals surface area contributed by atoms with Crippen molar-refractivity contribution in [3.63, 3.8) is 0 Å². The lowest BCUT2D eigenvalue weighted by Crippen LogP contribution is -2.32. The van der Waals surface area contributed by atoms with Gasteiger partial charge in [0.1, 0.15) is 11.5 Å². The van der Waals surface area contributed by atoms with E-state index < -0.39 is 0 Å². The van der Waals surface area contributed by atoms with Gasteiger partial charge in [-0.3, -0.25) is 4.79 Å². The zero-order valence-corrected chi connectivity index (χ0v) is 12.9. The Balaban J connectivity index is 1.93. The number of rotatable bonds is 3. The standard InChI is InChI=1S/C18H20N2O2/c1-3-20-11-10-19-16-9-8-14(12-15(16)18(20)21)22-17-7-5-4-6-13(17)2/h4-9,12,19H,3,10-11H2,1-2H3. The third-order valence-electron chi connectivity index (χ3n) is 3.91. The maximum Gasteiger partial charge on any atom is 0.256 e. The number of nitrogens with one attached hydrogen (secondary N) is 1. The van der Waals surface area contributed by atoms with Crippen molar-refractivity contribution in [1.29, 1.82) is 0 Å². The van der Waals surface area contributed by atoms with E-state index >= 15 is 0 Å². The van der Waals surface area contributed by atoms with Crippen LogP contribution in [0.4, 0.5) is 5.69 Å². The second-order valence-corrected chi connectivity index (χ2v) is 5.39. The number of para-hydroxylation sites is 1. The van der Waals surface area contributed by atoms with Gasteiger partial charge < -0.3 is 15.0 Å². The Hall–Kier alpha value is -2.49. The number of aryl methyl sites for hydroxylation is 1. The first-order chi connectivity index (χ1) is 10.7. The number of anilines is 1. The van der Waals surface area contributed by atoms with Gasteiger partial charge in [-0.2, -0.15) is 0 Å². The molecule has 1 heterocycles. The van der Waals surface area contributed by atoms with Gasteiger partial charge in [0.2, 0.25) is 0 Å². The van der Waals surface area contributed by atoms with Crippen LogP contribution in [0.3, 0.4) is 0 Å². The van der Waals surface area contributed by atoms with E-state index in [2.05, 4.69) is 5.32 Å². The quantitative estimate of drug-likeness (QED) is 0.939. The summed E-state index contributed by atoms with van der Waals surface area (Å²) < 4.78 is 5.93. The monoisotopic (exact) mass is 296 g/mol. The maximum absolute atomic E-state index is 12.6. The van der Waals surface area contributed by atoms with Crippen molar-refractivity contribution in [2.45, 2.75) is 13.8 Å². The van der Waals surface area contributed by atoms with Gasteiger partial charge in [0.05, 0.1) is 5.56 Å². The first-order valence-corrected chi connectivity index (χ1v) is 7.59. The van der Waals surface area contributed by atoms with E-state index in [1.807, 2.05) is 61.2 Å². The van der Waals surface area contributed by atoms with Crippen LogP contribution >= 0.6 is 0 Å². The molecule has 1 aliphatic heterocycles. The molecule has 0 aliphatic carbocycles. The van der Waals surface area contributed by atoms with E-state index in [-0.39, 0.29) is 5.91 Å². The van der Waals surface area contributed by atoms with Crippen molar-refractivity contribution in [3.8, 4) is 11.5 Å². The summed E-state index contributed by atoms with van der Waals surface area (Å²) in [7, 11) is 0. The molecule has 0 bridgehead atoms. The van der Waals surface area contributed by atoms with Gasteiger partial charge in [0.15, 0.2) is 0 Å². The Morgan fingerprint density at radius 2 is 2.05 bits per heavy atom. The smallest absolute Gasteiger partial charge is 0.256 e. The summed E-state index contributed by atoms with van der Waals surface area (Å²) in [5, 5.41) is 3.30. The van der Waals surface area contributed by atoms with Gasteiger partial charge in [-0.15, -0.1) is 0 Å². The zero-order chi connectivity index (χ0) is 15.5. The summed E-state index contributed by atoms with van der Waals surface area (Å²) in [5.74, 6) is 1.54. The Bertz CT molecular complexity index is 697. The topological polar surface area (TPSA) is 41.6 Å². The first-order valence-electron chi connectivity index (χ1n) is 7.59. The fourth-order valence-corrected chi connectivity index (χ4v) is 2.61. The minimum atomic E-state index is 0.0535. The number of hydrogen-bond donors (Lipinski definition) is 1. The van der Waals surface area contributed by atoms with Gasteiger partial charge in [-0.25, -0.2) is 0 Å². The highest BCUT2D eigenvalue weighted by Gasteiger charge is 2.21. The normalized spacial score (nSPS) is 14.1. The van der Waals surface area contributed by atoms with Crippen molar-refractivity contribution in [3.05, 3.63) is 53.6 Å². The van der Waals surface area contributed by atoms with Crippen LogP contribution < -0.4 is 10.1 Å². The van der Waals surface area contributed by atoms with Crippen molar-refractivity contribution in [2.24, 2.45) is 0 Å². The fraction of sp³-hybridized carbons (Fsp3) is 0.278. The molecule has 0 fully saturated rings. The predicted octanol–water partition coefficient (Wildman–Crippen LogP) is 3.67. The number of fused-ring (bicyclic) bond motifs is 1. The van der Waals surface area contributed by atoms with Crippen molar-refractivity contribution >= 4 is 11.6 Å². The average molecular weight is 296 g/mol. The Labute approximate surface area is 130 Å². The fourth-order valence-electron chi connectivity index (χ4n) is 2.61. The van der Waals surface area contributed by atoms with E-state index in [0.29, 0.717) is 17.9 Å². The Kier molecular flexibility index (Phi) is 4.00. The summed E-state index contributed by atoms with van der Waals surface area (Å²) in [4.78, 5) is 14.4. The highest BCUT2D eigenvalue weighted by Crippen LogP contribution is 2.29. The molecule has 0 atom stereocenters. The van der Waals surface area contributed by atoms with Gasteiger partial charge in [0.25, 0.3) is 5.91 Å².